The van der Waals surface area contributed by atoms with Gasteiger partial charge in [-0.05, 0) is 88.2 Å². The number of piperidine rings is 1. The van der Waals surface area contributed by atoms with E-state index in [2.05, 4.69) is 57.3 Å². The molecule has 2 fully saturated rings. The highest BCUT2D eigenvalue weighted by molar-refractivity contribution is 9.10. The van der Waals surface area contributed by atoms with E-state index in [1.165, 1.54) is 22.3 Å². The van der Waals surface area contributed by atoms with Crippen LogP contribution in [0.1, 0.15) is 61.1 Å². The second-order valence-electron chi connectivity index (χ2n) is 11.3. The first-order valence-corrected chi connectivity index (χ1v) is 14.8. The van der Waals surface area contributed by atoms with E-state index in [4.69, 9.17) is 9.47 Å². The molecule has 3 aromatic rings. The molecule has 0 unspecified atom stereocenters. The predicted molar refractivity (Wildman–Crippen MR) is 154 cm³/mol. The predicted octanol–water partition coefficient (Wildman–Crippen LogP) is 6.75. The number of nitrogens with zero attached hydrogens (tertiary/aromatic N) is 2. The van der Waals surface area contributed by atoms with Crippen molar-refractivity contribution in [3.05, 3.63) is 88.2 Å². The van der Waals surface area contributed by atoms with E-state index in [1.807, 2.05) is 29.2 Å². The number of pyridine rings is 1. The summed E-state index contributed by atoms with van der Waals surface area (Å²) < 4.78 is 12.7. The van der Waals surface area contributed by atoms with Crippen LogP contribution in [0.25, 0.3) is 11.1 Å². The lowest BCUT2D eigenvalue weighted by molar-refractivity contribution is -0.157. The van der Waals surface area contributed by atoms with Crippen molar-refractivity contribution < 1.29 is 24.2 Å². The van der Waals surface area contributed by atoms with Crippen LogP contribution in [-0.2, 0) is 19.9 Å². The van der Waals surface area contributed by atoms with Crippen LogP contribution in [0.15, 0.2) is 71.5 Å². The Kier molecular flexibility index (Phi) is 7.40. The quantitative estimate of drug-likeness (QED) is 0.313. The minimum Gasteiger partial charge on any atom is -0.480 e. The zero-order valence-corrected chi connectivity index (χ0v) is 23.9. The average Bonchev–Trinajstić information content (AvgIpc) is 3.30. The molecule has 1 aromatic heterocycles. The SMILES string of the molecule is O=C(O)COC1(c2ccc(Br)nc2)CCC2(CCN(C(=O)OCC3c4ccccc4-c4ccccc43)CC2)CC1. The maximum atomic E-state index is 13.1. The summed E-state index contributed by atoms with van der Waals surface area (Å²) in [5, 5.41) is 9.29. The lowest BCUT2D eigenvalue weighted by Gasteiger charge is -2.49. The average molecular weight is 606 g/mol. The summed E-state index contributed by atoms with van der Waals surface area (Å²) in [6, 6.07) is 20.6. The van der Waals surface area contributed by atoms with E-state index in [-0.39, 0.29) is 24.0 Å². The number of rotatable bonds is 6. The van der Waals surface area contributed by atoms with Crippen LogP contribution >= 0.6 is 15.9 Å². The summed E-state index contributed by atoms with van der Waals surface area (Å²) in [6.45, 7) is 1.33. The van der Waals surface area contributed by atoms with Crippen LogP contribution in [0.3, 0.4) is 0 Å². The number of fused-ring (bicyclic) bond motifs is 3. The summed E-state index contributed by atoms with van der Waals surface area (Å²) in [5.74, 6) is -0.918. The Morgan fingerprint density at radius 3 is 2.10 bits per heavy atom. The number of benzene rings is 2. The van der Waals surface area contributed by atoms with Gasteiger partial charge in [0.2, 0.25) is 0 Å². The fraction of sp³-hybridized carbons (Fsp3) is 0.406. The largest absolute Gasteiger partial charge is 0.480 e. The van der Waals surface area contributed by atoms with Crippen molar-refractivity contribution in [1.29, 1.82) is 0 Å². The number of carbonyl (C=O) groups is 2. The van der Waals surface area contributed by atoms with Gasteiger partial charge in [0.1, 0.15) is 17.8 Å². The topological polar surface area (TPSA) is 89.0 Å². The third kappa shape index (κ3) is 5.15. The monoisotopic (exact) mass is 604 g/mol. The highest BCUT2D eigenvalue weighted by atomic mass is 79.9. The van der Waals surface area contributed by atoms with E-state index >= 15 is 0 Å². The van der Waals surface area contributed by atoms with Crippen molar-refractivity contribution in [3.8, 4) is 11.1 Å². The Morgan fingerprint density at radius 2 is 1.52 bits per heavy atom. The molecule has 0 atom stereocenters. The Bertz CT molecular complexity index is 1340. The molecule has 1 amide bonds. The molecule has 8 heteroatoms. The zero-order chi connectivity index (χ0) is 27.7. The molecule has 2 aliphatic carbocycles. The Morgan fingerprint density at radius 1 is 0.900 bits per heavy atom. The highest BCUT2D eigenvalue weighted by Crippen LogP contribution is 2.52. The third-order valence-corrected chi connectivity index (χ3v) is 9.73. The number of hydrogen-bond donors (Lipinski definition) is 1. The number of carboxylic acid groups (broad SMARTS) is 1. The first-order valence-electron chi connectivity index (χ1n) is 14.0. The molecule has 40 heavy (non-hydrogen) atoms. The van der Waals surface area contributed by atoms with Gasteiger partial charge in [-0.25, -0.2) is 14.6 Å². The third-order valence-electron chi connectivity index (χ3n) is 9.26. The number of aliphatic carboxylic acids is 1. The van der Waals surface area contributed by atoms with Crippen LogP contribution < -0.4 is 0 Å². The van der Waals surface area contributed by atoms with Crippen molar-refractivity contribution in [1.82, 2.24) is 9.88 Å². The van der Waals surface area contributed by atoms with Gasteiger partial charge in [0.15, 0.2) is 0 Å². The molecule has 1 saturated carbocycles. The number of aromatic nitrogens is 1. The summed E-state index contributed by atoms with van der Waals surface area (Å²) in [6.07, 6.45) is 6.65. The van der Waals surface area contributed by atoms with E-state index < -0.39 is 11.6 Å². The minimum absolute atomic E-state index is 0.0536. The normalized spacial score (nSPS) is 19.2. The highest BCUT2D eigenvalue weighted by Gasteiger charge is 2.46. The van der Waals surface area contributed by atoms with Gasteiger partial charge >= 0.3 is 12.1 Å². The van der Waals surface area contributed by atoms with Gasteiger partial charge in [-0.2, -0.15) is 0 Å². The van der Waals surface area contributed by atoms with Crippen molar-refractivity contribution in [2.24, 2.45) is 5.41 Å². The molecule has 2 aromatic carbocycles. The number of amides is 1. The molecular weight excluding hydrogens is 572 g/mol. The molecule has 1 saturated heterocycles. The molecule has 7 nitrogen and oxygen atoms in total. The molecule has 1 aliphatic heterocycles. The maximum absolute atomic E-state index is 13.1. The van der Waals surface area contributed by atoms with E-state index in [0.29, 0.717) is 19.7 Å². The van der Waals surface area contributed by atoms with E-state index in [9.17, 15) is 14.7 Å². The molecular formula is C32H33BrN2O5. The van der Waals surface area contributed by atoms with Gasteiger partial charge in [-0.15, -0.1) is 0 Å². The zero-order valence-electron chi connectivity index (χ0n) is 22.4. The van der Waals surface area contributed by atoms with Gasteiger partial charge < -0.3 is 19.5 Å². The van der Waals surface area contributed by atoms with E-state index in [0.717, 1.165) is 48.7 Å². The molecule has 0 bridgehead atoms. The van der Waals surface area contributed by atoms with Crippen molar-refractivity contribution in [2.75, 3.05) is 26.3 Å². The Balaban J connectivity index is 1.06. The minimum atomic E-state index is -0.971. The smallest absolute Gasteiger partial charge is 0.409 e. The van der Waals surface area contributed by atoms with Crippen molar-refractivity contribution in [2.45, 2.75) is 50.0 Å². The van der Waals surface area contributed by atoms with Crippen molar-refractivity contribution >= 4 is 28.0 Å². The number of likely N-dealkylation sites (tertiary alicyclic amines) is 1. The number of carbonyl (C=O) groups excluding carboxylic acids is 1. The maximum Gasteiger partial charge on any atom is 0.409 e. The number of hydrogen-bond acceptors (Lipinski definition) is 5. The van der Waals surface area contributed by atoms with Crippen LogP contribution in [0.4, 0.5) is 4.79 Å². The Labute approximate surface area is 242 Å². The second-order valence-corrected chi connectivity index (χ2v) is 12.1. The molecule has 0 radical (unpaired) electrons. The fourth-order valence-electron chi connectivity index (χ4n) is 6.89. The van der Waals surface area contributed by atoms with Gasteiger partial charge in [0.05, 0.1) is 5.60 Å². The number of halogens is 1. The second kappa shape index (κ2) is 11.0. The van der Waals surface area contributed by atoms with Crippen LogP contribution in [-0.4, -0.2) is 53.4 Å². The first-order chi connectivity index (χ1) is 19.4. The van der Waals surface area contributed by atoms with Crippen LogP contribution in [0.2, 0.25) is 0 Å². The lowest BCUT2D eigenvalue weighted by Crippen LogP contribution is -2.47. The van der Waals surface area contributed by atoms with Crippen LogP contribution in [0.5, 0.6) is 0 Å². The molecule has 3 aliphatic rings. The summed E-state index contributed by atoms with van der Waals surface area (Å²) in [7, 11) is 0. The molecule has 1 spiro atoms. The van der Waals surface area contributed by atoms with Gasteiger partial charge in [0, 0.05) is 30.8 Å². The Hall–Kier alpha value is -3.23. The number of carboxylic acids is 1. The van der Waals surface area contributed by atoms with Crippen LogP contribution in [0, 0.1) is 5.41 Å². The molecule has 208 valence electrons. The summed E-state index contributed by atoms with van der Waals surface area (Å²) in [4.78, 5) is 30.7. The first kappa shape index (κ1) is 27.0. The standard InChI is InChI=1S/C32H33BrN2O5/c33-28-10-9-22(19-34-28)32(40-21-29(36)37)13-11-31(12-14-32)15-17-35(18-16-31)30(38)39-20-27-25-7-3-1-5-23(25)24-6-2-4-8-26(24)27/h1-10,19,27H,11-18,20-21H2,(H,36,37). The summed E-state index contributed by atoms with van der Waals surface area (Å²) in [5.41, 5.74) is 5.26. The molecule has 1 N–H and O–H groups in total. The number of ether oxygens (including phenoxy) is 2. The van der Waals surface area contributed by atoms with Gasteiger partial charge in [-0.3, -0.25) is 0 Å². The molecule has 2 heterocycles. The van der Waals surface area contributed by atoms with Crippen molar-refractivity contribution in [3.63, 3.8) is 0 Å². The van der Waals surface area contributed by atoms with Gasteiger partial charge in [0.25, 0.3) is 0 Å². The molecule has 6 rings (SSSR count). The fourth-order valence-corrected chi connectivity index (χ4v) is 7.13. The summed E-state index contributed by atoms with van der Waals surface area (Å²) >= 11 is 3.38. The van der Waals surface area contributed by atoms with Gasteiger partial charge in [-0.1, -0.05) is 54.6 Å². The lowest BCUT2D eigenvalue weighted by atomic mass is 9.63. The van der Waals surface area contributed by atoms with E-state index in [1.54, 1.807) is 6.20 Å².